The molecule has 1 atom stereocenters. The van der Waals surface area contributed by atoms with Crippen LogP contribution >= 0.6 is 0 Å². The number of rotatable bonds is 1. The summed E-state index contributed by atoms with van der Waals surface area (Å²) in [6.45, 7) is 0.782. The number of alkyl halides is 3. The van der Waals surface area contributed by atoms with Crippen molar-refractivity contribution in [3.63, 3.8) is 0 Å². The van der Waals surface area contributed by atoms with Gasteiger partial charge in [-0.25, -0.2) is 0 Å². The summed E-state index contributed by atoms with van der Waals surface area (Å²) in [4.78, 5) is 3.54. The molecule has 1 aliphatic rings. The number of aromatic nitrogens is 1. The average molecular weight is 216 g/mol. The van der Waals surface area contributed by atoms with E-state index in [1.807, 2.05) is 0 Å². The fourth-order valence-corrected chi connectivity index (χ4v) is 1.90. The molecule has 82 valence electrons. The largest absolute Gasteiger partial charge is 0.418 e. The maximum atomic E-state index is 12.6. The zero-order valence-electron chi connectivity index (χ0n) is 8.01. The maximum absolute atomic E-state index is 12.6. The van der Waals surface area contributed by atoms with Gasteiger partial charge in [0.15, 0.2) is 0 Å². The predicted molar refractivity (Wildman–Crippen MR) is 49.2 cm³/mol. The SMILES string of the molecule is FC(F)(F)c1cnccc1C1CCCN1. The van der Waals surface area contributed by atoms with Crippen LogP contribution in [0.4, 0.5) is 13.2 Å². The number of hydrogen-bond acceptors (Lipinski definition) is 2. The van der Waals surface area contributed by atoms with Crippen LogP contribution in [0.2, 0.25) is 0 Å². The van der Waals surface area contributed by atoms with E-state index < -0.39 is 11.7 Å². The highest BCUT2D eigenvalue weighted by atomic mass is 19.4. The van der Waals surface area contributed by atoms with Crippen molar-refractivity contribution < 1.29 is 13.2 Å². The summed E-state index contributed by atoms with van der Waals surface area (Å²) < 4.78 is 37.9. The fraction of sp³-hybridized carbons (Fsp3) is 0.500. The monoisotopic (exact) mass is 216 g/mol. The van der Waals surface area contributed by atoms with E-state index in [1.165, 1.54) is 12.3 Å². The first-order valence-corrected chi connectivity index (χ1v) is 4.83. The summed E-state index contributed by atoms with van der Waals surface area (Å²) in [6.07, 6.45) is -0.328. The Labute approximate surface area is 85.5 Å². The Balaban J connectivity index is 2.37. The van der Waals surface area contributed by atoms with E-state index in [2.05, 4.69) is 10.3 Å². The molecule has 0 radical (unpaired) electrons. The normalized spacial score (nSPS) is 21.9. The minimum absolute atomic E-state index is 0.176. The molecule has 2 nitrogen and oxygen atoms in total. The highest BCUT2D eigenvalue weighted by Gasteiger charge is 2.35. The number of nitrogens with one attached hydrogen (secondary N) is 1. The molecule has 0 bridgehead atoms. The molecule has 1 saturated heterocycles. The zero-order valence-corrected chi connectivity index (χ0v) is 8.01. The summed E-state index contributed by atoms with van der Waals surface area (Å²) in [6, 6.07) is 1.27. The molecular weight excluding hydrogens is 205 g/mol. The Morgan fingerprint density at radius 1 is 1.40 bits per heavy atom. The molecule has 0 aromatic carbocycles. The smallest absolute Gasteiger partial charge is 0.310 e. The first kappa shape index (κ1) is 10.4. The van der Waals surface area contributed by atoms with Gasteiger partial charge in [0.2, 0.25) is 0 Å². The standard InChI is InChI=1S/C10H11F3N2/c11-10(12,13)8-6-14-5-3-7(8)9-2-1-4-15-9/h3,5-6,9,15H,1-2,4H2. The van der Waals surface area contributed by atoms with Crippen molar-refractivity contribution in [1.29, 1.82) is 0 Å². The average Bonchev–Trinajstić information content (AvgIpc) is 2.69. The van der Waals surface area contributed by atoms with E-state index in [1.54, 1.807) is 0 Å². The molecule has 5 heteroatoms. The lowest BCUT2D eigenvalue weighted by Crippen LogP contribution is -2.18. The van der Waals surface area contributed by atoms with Gasteiger partial charge in [-0.1, -0.05) is 0 Å². The third-order valence-electron chi connectivity index (χ3n) is 2.60. The lowest BCUT2D eigenvalue weighted by atomic mass is 10.0. The molecule has 2 heterocycles. The molecule has 0 amide bonds. The van der Waals surface area contributed by atoms with Gasteiger partial charge in [-0.2, -0.15) is 13.2 Å². The molecule has 1 unspecified atom stereocenters. The van der Waals surface area contributed by atoms with Gasteiger partial charge in [0, 0.05) is 18.4 Å². The summed E-state index contributed by atoms with van der Waals surface area (Å²) >= 11 is 0. The second-order valence-corrected chi connectivity index (χ2v) is 3.61. The van der Waals surface area contributed by atoms with Crippen molar-refractivity contribution in [2.75, 3.05) is 6.54 Å². The molecule has 15 heavy (non-hydrogen) atoms. The van der Waals surface area contributed by atoms with Gasteiger partial charge >= 0.3 is 6.18 Å². The van der Waals surface area contributed by atoms with Gasteiger partial charge in [0.1, 0.15) is 0 Å². The van der Waals surface area contributed by atoms with Gasteiger partial charge in [-0.15, -0.1) is 0 Å². The molecular formula is C10H11F3N2. The second-order valence-electron chi connectivity index (χ2n) is 3.61. The number of nitrogens with zero attached hydrogens (tertiary/aromatic N) is 1. The van der Waals surface area contributed by atoms with E-state index in [9.17, 15) is 13.2 Å². The first-order valence-electron chi connectivity index (χ1n) is 4.83. The number of halogens is 3. The lowest BCUT2D eigenvalue weighted by molar-refractivity contribution is -0.138. The minimum Gasteiger partial charge on any atom is -0.310 e. The first-order chi connectivity index (χ1) is 7.09. The van der Waals surface area contributed by atoms with Gasteiger partial charge in [-0.05, 0) is 31.0 Å². The van der Waals surface area contributed by atoms with E-state index in [-0.39, 0.29) is 6.04 Å². The Kier molecular flexibility index (Phi) is 2.65. The van der Waals surface area contributed by atoms with Crippen LogP contribution in [0.25, 0.3) is 0 Å². The van der Waals surface area contributed by atoms with Crippen LogP contribution in [0.1, 0.15) is 30.0 Å². The second kappa shape index (κ2) is 3.81. The Morgan fingerprint density at radius 2 is 2.20 bits per heavy atom. The van der Waals surface area contributed by atoms with Crippen molar-refractivity contribution in [3.05, 3.63) is 29.6 Å². The van der Waals surface area contributed by atoms with Crippen LogP contribution in [0.3, 0.4) is 0 Å². The summed E-state index contributed by atoms with van der Waals surface area (Å²) in [5.41, 5.74) is -0.306. The molecule has 1 N–H and O–H groups in total. The molecule has 1 aliphatic heterocycles. The van der Waals surface area contributed by atoms with Crippen LogP contribution in [-0.4, -0.2) is 11.5 Å². The van der Waals surface area contributed by atoms with Crippen molar-refractivity contribution >= 4 is 0 Å². The van der Waals surface area contributed by atoms with Crippen LogP contribution in [0.5, 0.6) is 0 Å². The molecule has 0 spiro atoms. The summed E-state index contributed by atoms with van der Waals surface area (Å²) in [7, 11) is 0. The molecule has 1 aromatic heterocycles. The zero-order chi connectivity index (χ0) is 10.9. The van der Waals surface area contributed by atoms with Crippen molar-refractivity contribution in [3.8, 4) is 0 Å². The highest BCUT2D eigenvalue weighted by Crippen LogP contribution is 2.36. The van der Waals surface area contributed by atoms with Gasteiger partial charge in [-0.3, -0.25) is 4.98 Å². The van der Waals surface area contributed by atoms with Crippen LogP contribution < -0.4 is 5.32 Å². The van der Waals surface area contributed by atoms with Crippen molar-refractivity contribution in [1.82, 2.24) is 10.3 Å². The van der Waals surface area contributed by atoms with Crippen molar-refractivity contribution in [2.24, 2.45) is 0 Å². The topological polar surface area (TPSA) is 24.9 Å². The lowest BCUT2D eigenvalue weighted by Gasteiger charge is -2.16. The van der Waals surface area contributed by atoms with Gasteiger partial charge < -0.3 is 5.32 Å². The van der Waals surface area contributed by atoms with Gasteiger partial charge in [0.05, 0.1) is 5.56 Å². The third kappa shape index (κ3) is 2.12. The van der Waals surface area contributed by atoms with Crippen LogP contribution in [0, 0.1) is 0 Å². The Bertz CT molecular complexity index is 343. The van der Waals surface area contributed by atoms with E-state index in [0.29, 0.717) is 5.56 Å². The molecule has 0 saturated carbocycles. The molecule has 1 aromatic rings. The van der Waals surface area contributed by atoms with Crippen LogP contribution in [-0.2, 0) is 6.18 Å². The Morgan fingerprint density at radius 3 is 2.80 bits per heavy atom. The third-order valence-corrected chi connectivity index (χ3v) is 2.60. The number of hydrogen-bond donors (Lipinski definition) is 1. The van der Waals surface area contributed by atoms with Gasteiger partial charge in [0.25, 0.3) is 0 Å². The molecule has 2 rings (SSSR count). The van der Waals surface area contributed by atoms with E-state index in [0.717, 1.165) is 25.6 Å². The summed E-state index contributed by atoms with van der Waals surface area (Å²) in [5, 5.41) is 3.06. The summed E-state index contributed by atoms with van der Waals surface area (Å²) in [5.74, 6) is 0. The van der Waals surface area contributed by atoms with E-state index in [4.69, 9.17) is 0 Å². The highest BCUT2D eigenvalue weighted by molar-refractivity contribution is 5.29. The Hall–Kier alpha value is -1.10. The number of pyridine rings is 1. The fourth-order valence-electron chi connectivity index (χ4n) is 1.90. The minimum atomic E-state index is -4.31. The maximum Gasteiger partial charge on any atom is 0.418 e. The van der Waals surface area contributed by atoms with E-state index >= 15 is 0 Å². The molecule has 0 aliphatic carbocycles. The van der Waals surface area contributed by atoms with Crippen molar-refractivity contribution in [2.45, 2.75) is 25.1 Å². The quantitative estimate of drug-likeness (QED) is 0.780. The molecule has 1 fully saturated rings. The predicted octanol–water partition coefficient (Wildman–Crippen LogP) is 2.52. The van der Waals surface area contributed by atoms with Crippen LogP contribution in [0.15, 0.2) is 18.5 Å².